The van der Waals surface area contributed by atoms with Gasteiger partial charge in [-0.3, -0.25) is 9.59 Å². The van der Waals surface area contributed by atoms with Gasteiger partial charge in [0, 0.05) is 22.1 Å². The van der Waals surface area contributed by atoms with E-state index in [0.717, 1.165) is 15.7 Å². The van der Waals surface area contributed by atoms with Gasteiger partial charge in [0.1, 0.15) is 0 Å². The van der Waals surface area contributed by atoms with Crippen molar-refractivity contribution in [1.82, 2.24) is 5.32 Å². The van der Waals surface area contributed by atoms with Crippen LogP contribution in [0.5, 0.6) is 0 Å². The van der Waals surface area contributed by atoms with Crippen LogP contribution in [-0.4, -0.2) is 24.4 Å². The predicted molar refractivity (Wildman–Crippen MR) is 90.6 cm³/mol. The van der Waals surface area contributed by atoms with Gasteiger partial charge in [0.05, 0.1) is 6.54 Å². The summed E-state index contributed by atoms with van der Waals surface area (Å²) in [6.45, 7) is 5.33. The Hall–Kier alpha value is -1.11. The molecule has 0 bridgehead atoms. The minimum absolute atomic E-state index is 0. The first-order valence-corrected chi connectivity index (χ1v) is 7.20. The quantitative estimate of drug-likeness (QED) is 0.734. The highest BCUT2D eigenvalue weighted by atomic mass is 79.9. The highest BCUT2D eigenvalue weighted by Gasteiger charge is 2.17. The normalized spacial score (nSPS) is 12.8. The van der Waals surface area contributed by atoms with Crippen LogP contribution in [0.1, 0.15) is 19.4 Å². The minimum atomic E-state index is -0.324. The molecule has 0 aliphatic carbocycles. The molecular weight excluding hydrogens is 358 g/mol. The molecule has 0 spiro atoms. The first-order valence-electron chi connectivity index (χ1n) is 6.40. The summed E-state index contributed by atoms with van der Waals surface area (Å²) in [4.78, 5) is 23.5. The lowest BCUT2D eigenvalue weighted by atomic mass is 10.0. The number of amides is 2. The Morgan fingerprint density at radius 3 is 2.52 bits per heavy atom. The molecule has 1 aromatic rings. The second-order valence-corrected chi connectivity index (χ2v) is 5.79. The van der Waals surface area contributed by atoms with Crippen molar-refractivity contribution in [3.05, 3.63) is 28.2 Å². The van der Waals surface area contributed by atoms with Gasteiger partial charge in [-0.1, -0.05) is 28.9 Å². The van der Waals surface area contributed by atoms with Crippen LogP contribution in [-0.2, 0) is 9.59 Å². The maximum Gasteiger partial charge on any atom is 0.243 e. The molecular formula is C14H21BrClN3O2. The summed E-state index contributed by atoms with van der Waals surface area (Å²) in [5.74, 6) is -0.812. The molecule has 21 heavy (non-hydrogen) atoms. The maximum absolute atomic E-state index is 11.8. The summed E-state index contributed by atoms with van der Waals surface area (Å²) in [5, 5.41) is 5.33. The van der Waals surface area contributed by atoms with Crippen LogP contribution in [0.4, 0.5) is 5.69 Å². The molecule has 5 nitrogen and oxygen atoms in total. The minimum Gasteiger partial charge on any atom is -0.347 e. The molecule has 0 heterocycles. The molecule has 2 unspecified atom stereocenters. The van der Waals surface area contributed by atoms with E-state index >= 15 is 0 Å². The summed E-state index contributed by atoms with van der Waals surface area (Å²) in [6.07, 6.45) is 0. The molecule has 1 aromatic carbocycles. The number of benzene rings is 1. The van der Waals surface area contributed by atoms with Gasteiger partial charge >= 0.3 is 0 Å². The van der Waals surface area contributed by atoms with Crippen LogP contribution in [0, 0.1) is 12.8 Å². The number of anilines is 1. The predicted octanol–water partition coefficient (Wildman–Crippen LogP) is 2.22. The Bertz CT molecular complexity index is 509. The number of nitrogens with two attached hydrogens (primary N) is 1. The third-order valence-electron chi connectivity index (χ3n) is 3.10. The topological polar surface area (TPSA) is 84.2 Å². The SMILES string of the molecule is Cc1ccc(Br)cc1NC(=O)CNC(=O)C(C)C(C)N.Cl. The number of halogens is 2. The van der Waals surface area contributed by atoms with E-state index < -0.39 is 0 Å². The first kappa shape index (κ1) is 19.9. The average Bonchev–Trinajstić information content (AvgIpc) is 2.39. The fraction of sp³-hybridized carbons (Fsp3) is 0.429. The third kappa shape index (κ3) is 6.46. The number of aryl methyl sites for hydroxylation is 1. The van der Waals surface area contributed by atoms with Crippen LogP contribution in [0.2, 0.25) is 0 Å². The smallest absolute Gasteiger partial charge is 0.243 e. The number of carbonyl (C=O) groups is 2. The lowest BCUT2D eigenvalue weighted by Gasteiger charge is -2.15. The van der Waals surface area contributed by atoms with Crippen molar-refractivity contribution in [2.75, 3.05) is 11.9 Å². The van der Waals surface area contributed by atoms with Crippen LogP contribution in [0.25, 0.3) is 0 Å². The summed E-state index contributed by atoms with van der Waals surface area (Å²) in [6, 6.07) is 5.37. The molecule has 0 saturated carbocycles. The number of carbonyl (C=O) groups excluding carboxylic acids is 2. The molecule has 118 valence electrons. The Labute approximate surface area is 139 Å². The van der Waals surface area contributed by atoms with Crippen molar-refractivity contribution in [3.8, 4) is 0 Å². The van der Waals surface area contributed by atoms with Crippen molar-refractivity contribution < 1.29 is 9.59 Å². The third-order valence-corrected chi connectivity index (χ3v) is 3.59. The van der Waals surface area contributed by atoms with Crippen molar-refractivity contribution >= 4 is 45.8 Å². The highest BCUT2D eigenvalue weighted by molar-refractivity contribution is 9.10. The number of rotatable bonds is 5. The van der Waals surface area contributed by atoms with E-state index in [-0.39, 0.29) is 42.7 Å². The van der Waals surface area contributed by atoms with Crippen LogP contribution < -0.4 is 16.4 Å². The van der Waals surface area contributed by atoms with Crippen LogP contribution >= 0.6 is 28.3 Å². The molecule has 1 rings (SSSR count). The average molecular weight is 379 g/mol. The lowest BCUT2D eigenvalue weighted by Crippen LogP contribution is -2.41. The van der Waals surface area contributed by atoms with Gasteiger partial charge in [0.25, 0.3) is 0 Å². The molecule has 7 heteroatoms. The Morgan fingerprint density at radius 1 is 1.33 bits per heavy atom. The molecule has 2 amide bonds. The summed E-state index contributed by atoms with van der Waals surface area (Å²) < 4.78 is 0.882. The monoisotopic (exact) mass is 377 g/mol. The van der Waals surface area contributed by atoms with Crippen molar-refractivity contribution in [2.45, 2.75) is 26.8 Å². The lowest BCUT2D eigenvalue weighted by molar-refractivity contribution is -0.127. The Kier molecular flexibility index (Phi) is 8.54. The molecule has 0 radical (unpaired) electrons. The Morgan fingerprint density at radius 2 is 1.95 bits per heavy atom. The van der Waals surface area contributed by atoms with Crippen molar-refractivity contribution in [2.24, 2.45) is 11.7 Å². The molecule has 0 saturated heterocycles. The zero-order chi connectivity index (χ0) is 15.3. The first-order chi connectivity index (χ1) is 9.31. The molecule has 0 aliphatic rings. The van der Waals surface area contributed by atoms with Crippen LogP contribution in [0.15, 0.2) is 22.7 Å². The fourth-order valence-electron chi connectivity index (χ4n) is 1.49. The number of nitrogens with one attached hydrogen (secondary N) is 2. The molecule has 4 N–H and O–H groups in total. The summed E-state index contributed by atoms with van der Waals surface area (Å²) in [7, 11) is 0. The van der Waals surface area contributed by atoms with E-state index in [1.165, 1.54) is 0 Å². The van der Waals surface area contributed by atoms with Gasteiger partial charge in [-0.2, -0.15) is 0 Å². The maximum atomic E-state index is 11.8. The van der Waals surface area contributed by atoms with E-state index in [4.69, 9.17) is 5.73 Å². The molecule has 2 atom stereocenters. The van der Waals surface area contributed by atoms with Crippen LogP contribution in [0.3, 0.4) is 0 Å². The largest absolute Gasteiger partial charge is 0.347 e. The van der Waals surface area contributed by atoms with E-state index in [2.05, 4.69) is 26.6 Å². The summed E-state index contributed by atoms with van der Waals surface area (Å²) >= 11 is 3.35. The van der Waals surface area contributed by atoms with Gasteiger partial charge in [0.2, 0.25) is 11.8 Å². The Balaban J connectivity index is 0.00000400. The van der Waals surface area contributed by atoms with E-state index in [9.17, 15) is 9.59 Å². The fourth-order valence-corrected chi connectivity index (χ4v) is 1.85. The van der Waals surface area contributed by atoms with Gasteiger partial charge in [-0.15, -0.1) is 12.4 Å². The van der Waals surface area contributed by atoms with E-state index in [1.54, 1.807) is 13.8 Å². The molecule has 0 fully saturated rings. The van der Waals surface area contributed by atoms with E-state index in [1.807, 2.05) is 25.1 Å². The molecule has 0 aliphatic heterocycles. The standard InChI is InChI=1S/C14H20BrN3O2.ClH/c1-8-4-5-11(15)6-12(8)18-13(19)7-17-14(20)9(2)10(3)16;/h4-6,9-10H,7,16H2,1-3H3,(H,17,20)(H,18,19);1H. The summed E-state index contributed by atoms with van der Waals surface area (Å²) in [5.41, 5.74) is 7.31. The van der Waals surface area contributed by atoms with Gasteiger partial charge < -0.3 is 16.4 Å². The van der Waals surface area contributed by atoms with E-state index in [0.29, 0.717) is 0 Å². The zero-order valence-electron chi connectivity index (χ0n) is 12.3. The van der Waals surface area contributed by atoms with Crippen molar-refractivity contribution in [3.63, 3.8) is 0 Å². The van der Waals surface area contributed by atoms with Gasteiger partial charge in [-0.05, 0) is 31.5 Å². The van der Waals surface area contributed by atoms with Gasteiger partial charge in [0.15, 0.2) is 0 Å². The van der Waals surface area contributed by atoms with Crippen molar-refractivity contribution in [1.29, 1.82) is 0 Å². The number of hydrogen-bond acceptors (Lipinski definition) is 3. The number of hydrogen-bond donors (Lipinski definition) is 3. The second-order valence-electron chi connectivity index (χ2n) is 4.87. The van der Waals surface area contributed by atoms with Gasteiger partial charge in [-0.25, -0.2) is 0 Å². The zero-order valence-corrected chi connectivity index (χ0v) is 14.7. The highest BCUT2D eigenvalue weighted by Crippen LogP contribution is 2.20. The second kappa shape index (κ2) is 9.02. The molecule has 0 aromatic heterocycles.